The fourth-order valence-corrected chi connectivity index (χ4v) is 6.64. The van der Waals surface area contributed by atoms with Gasteiger partial charge in [-0.3, -0.25) is 14.5 Å². The molecule has 2 amide bonds. The topological polar surface area (TPSA) is 136 Å². The Morgan fingerprint density at radius 3 is 2.49 bits per heavy atom. The number of aromatic nitrogens is 1. The van der Waals surface area contributed by atoms with Crippen LogP contribution in [0.4, 0.5) is 5.69 Å². The highest BCUT2D eigenvalue weighted by Crippen LogP contribution is 2.44. The summed E-state index contributed by atoms with van der Waals surface area (Å²) in [6.07, 6.45) is 1.20. The SMILES string of the molecule is COc1nc(-c2cccc(-c3cccc(NC(=O)C4=CN(C)C(O)N(C)C4=O)c3Cl)c2Cl)cc2c1C(NC1COCC1O)CC2. The first-order chi connectivity index (χ1) is 21.6. The lowest BCUT2D eigenvalue weighted by molar-refractivity contribution is -0.148. The van der Waals surface area contributed by atoms with Crippen molar-refractivity contribution in [2.45, 2.75) is 37.4 Å². The van der Waals surface area contributed by atoms with E-state index in [0.717, 1.165) is 28.9 Å². The van der Waals surface area contributed by atoms with Crippen LogP contribution in [0.15, 0.2) is 54.2 Å². The van der Waals surface area contributed by atoms with Crippen LogP contribution < -0.4 is 15.4 Å². The number of hydrogen-bond acceptors (Lipinski definition) is 9. The van der Waals surface area contributed by atoms with E-state index in [1.807, 2.05) is 24.3 Å². The first kappa shape index (κ1) is 31.3. The average molecular weight is 655 g/mol. The second-order valence-corrected chi connectivity index (χ2v) is 12.1. The van der Waals surface area contributed by atoms with Crippen LogP contribution in [0.2, 0.25) is 10.0 Å². The number of hydrogen-bond donors (Lipinski definition) is 4. The smallest absolute Gasteiger partial charge is 0.264 e. The summed E-state index contributed by atoms with van der Waals surface area (Å²) in [5.41, 5.74) is 4.72. The zero-order valence-electron chi connectivity index (χ0n) is 24.9. The van der Waals surface area contributed by atoms with Crippen LogP contribution in [0.5, 0.6) is 5.88 Å². The number of halogens is 2. The molecule has 3 aromatic rings. The molecule has 0 bridgehead atoms. The number of likely N-dealkylation sites (N-methyl/N-ethyl adjacent to an activating group) is 1. The number of nitrogens with zero attached hydrogens (tertiary/aromatic N) is 3. The lowest BCUT2D eigenvalue weighted by atomic mass is 9.99. The maximum absolute atomic E-state index is 13.1. The third-order valence-electron chi connectivity index (χ3n) is 8.47. The van der Waals surface area contributed by atoms with Gasteiger partial charge in [0.15, 0.2) is 0 Å². The molecule has 45 heavy (non-hydrogen) atoms. The van der Waals surface area contributed by atoms with E-state index in [4.69, 9.17) is 37.7 Å². The molecular formula is C32H33Cl2N5O6. The number of carbonyl (C=O) groups excluding carboxylic acids is 2. The predicted molar refractivity (Wildman–Crippen MR) is 170 cm³/mol. The molecule has 1 fully saturated rings. The molecule has 4 N–H and O–H groups in total. The number of pyridine rings is 1. The Balaban J connectivity index is 1.30. The van der Waals surface area contributed by atoms with Gasteiger partial charge >= 0.3 is 0 Å². The lowest BCUT2D eigenvalue weighted by Crippen LogP contribution is -2.51. The Hall–Kier alpha value is -3.71. The first-order valence-electron chi connectivity index (χ1n) is 14.5. The predicted octanol–water partition coefficient (Wildman–Crippen LogP) is 3.57. The van der Waals surface area contributed by atoms with Crippen molar-refractivity contribution in [1.29, 1.82) is 0 Å². The number of methoxy groups -OCH3 is 1. The number of carbonyl (C=O) groups is 2. The summed E-state index contributed by atoms with van der Waals surface area (Å²) < 4.78 is 11.2. The van der Waals surface area contributed by atoms with Gasteiger partial charge < -0.3 is 35.2 Å². The molecule has 0 spiro atoms. The van der Waals surface area contributed by atoms with Gasteiger partial charge in [0.05, 0.1) is 53.9 Å². The summed E-state index contributed by atoms with van der Waals surface area (Å²) in [5.74, 6) is -0.794. The van der Waals surface area contributed by atoms with E-state index in [1.165, 1.54) is 18.1 Å². The van der Waals surface area contributed by atoms with Gasteiger partial charge in [-0.25, -0.2) is 4.98 Å². The molecule has 1 saturated heterocycles. The Bertz CT molecular complexity index is 1700. The second kappa shape index (κ2) is 12.6. The largest absolute Gasteiger partial charge is 0.481 e. The number of aryl methyl sites for hydroxylation is 1. The van der Waals surface area contributed by atoms with Gasteiger partial charge in [-0.05, 0) is 30.5 Å². The number of aliphatic hydroxyl groups is 2. The molecule has 6 rings (SSSR count). The summed E-state index contributed by atoms with van der Waals surface area (Å²) in [5, 5.41) is 27.2. The summed E-state index contributed by atoms with van der Waals surface area (Å²) >= 11 is 13.9. The van der Waals surface area contributed by atoms with Crippen molar-refractivity contribution in [3.05, 3.63) is 75.4 Å². The maximum atomic E-state index is 13.1. The third-order valence-corrected chi connectivity index (χ3v) is 9.28. The second-order valence-electron chi connectivity index (χ2n) is 11.3. The van der Waals surface area contributed by atoms with Crippen LogP contribution >= 0.6 is 23.2 Å². The van der Waals surface area contributed by atoms with E-state index < -0.39 is 24.3 Å². The molecule has 2 aliphatic heterocycles. The molecule has 0 radical (unpaired) electrons. The Kier molecular flexibility index (Phi) is 8.75. The standard InChI is InChI=1S/C32H33Cl2N5O6/c1-38-13-20(31(42)39(2)32(38)43)29(41)36-22-9-5-7-18(28(22)34)17-6-4-8-19(27(17)33)23-12-16-10-11-21(26(16)30(37-23)44-3)35-24-14-45-15-25(24)40/h4-9,12-13,21,24-25,32,35,40,43H,10-11,14-15H2,1-3H3,(H,36,41). The van der Waals surface area contributed by atoms with Crippen LogP contribution in [0.1, 0.15) is 23.6 Å². The third kappa shape index (κ3) is 5.76. The van der Waals surface area contributed by atoms with E-state index in [1.54, 1.807) is 32.4 Å². The number of rotatable bonds is 7. The highest BCUT2D eigenvalue weighted by Gasteiger charge is 2.35. The number of aliphatic hydroxyl groups excluding tert-OH is 2. The van der Waals surface area contributed by atoms with Crippen LogP contribution in [-0.4, -0.2) is 89.7 Å². The van der Waals surface area contributed by atoms with Crippen LogP contribution in [0.3, 0.4) is 0 Å². The summed E-state index contributed by atoms with van der Waals surface area (Å²) in [6.45, 7) is 0.767. The molecule has 4 atom stereocenters. The molecule has 1 aliphatic carbocycles. The van der Waals surface area contributed by atoms with E-state index in [2.05, 4.69) is 10.6 Å². The number of nitrogens with one attached hydrogen (secondary N) is 2. The molecule has 4 unspecified atom stereocenters. The molecular weight excluding hydrogens is 621 g/mol. The molecule has 3 heterocycles. The van der Waals surface area contributed by atoms with Crippen molar-refractivity contribution in [2.24, 2.45) is 0 Å². The maximum Gasteiger partial charge on any atom is 0.264 e. The minimum atomic E-state index is -1.17. The first-order valence-corrected chi connectivity index (χ1v) is 15.2. The summed E-state index contributed by atoms with van der Waals surface area (Å²) in [4.78, 5) is 33.0. The van der Waals surface area contributed by atoms with Crippen molar-refractivity contribution < 1.29 is 29.3 Å². The number of anilines is 1. The van der Waals surface area contributed by atoms with E-state index >= 15 is 0 Å². The molecule has 13 heteroatoms. The van der Waals surface area contributed by atoms with Gasteiger partial charge in [0.25, 0.3) is 11.8 Å². The number of fused-ring (bicyclic) bond motifs is 1. The van der Waals surface area contributed by atoms with Crippen molar-refractivity contribution in [3.8, 4) is 28.3 Å². The van der Waals surface area contributed by atoms with Crippen molar-refractivity contribution in [1.82, 2.24) is 20.1 Å². The van der Waals surface area contributed by atoms with Gasteiger partial charge in [0, 0.05) is 48.6 Å². The van der Waals surface area contributed by atoms with E-state index in [0.29, 0.717) is 52.2 Å². The van der Waals surface area contributed by atoms with Crippen LogP contribution in [0, 0.1) is 0 Å². The molecule has 0 saturated carbocycles. The Morgan fingerprint density at radius 2 is 1.78 bits per heavy atom. The molecule has 2 aromatic carbocycles. The zero-order chi connectivity index (χ0) is 32.0. The number of amides is 2. The quantitative estimate of drug-likeness (QED) is 0.282. The lowest BCUT2D eigenvalue weighted by Gasteiger charge is -2.35. The molecule has 236 valence electrons. The van der Waals surface area contributed by atoms with Crippen LogP contribution in [-0.2, 0) is 20.7 Å². The van der Waals surface area contributed by atoms with Gasteiger partial charge in [-0.1, -0.05) is 53.5 Å². The summed E-state index contributed by atoms with van der Waals surface area (Å²) in [7, 11) is 4.55. The average Bonchev–Trinajstić information content (AvgIpc) is 3.64. The number of ether oxygens (including phenoxy) is 2. The van der Waals surface area contributed by atoms with Crippen molar-refractivity contribution >= 4 is 40.7 Å². The number of benzene rings is 2. The normalized spacial score (nSPS) is 22.8. The van der Waals surface area contributed by atoms with Crippen molar-refractivity contribution in [3.63, 3.8) is 0 Å². The molecule has 3 aliphatic rings. The minimum Gasteiger partial charge on any atom is -0.481 e. The highest BCUT2D eigenvalue weighted by molar-refractivity contribution is 6.40. The van der Waals surface area contributed by atoms with Gasteiger partial charge in [-0.15, -0.1) is 0 Å². The fourth-order valence-electron chi connectivity index (χ4n) is 6.04. The monoisotopic (exact) mass is 653 g/mol. The zero-order valence-corrected chi connectivity index (χ0v) is 26.4. The van der Waals surface area contributed by atoms with Gasteiger partial charge in [-0.2, -0.15) is 0 Å². The minimum absolute atomic E-state index is 0.0260. The van der Waals surface area contributed by atoms with Gasteiger partial charge in [0.1, 0.15) is 5.57 Å². The van der Waals surface area contributed by atoms with Crippen LogP contribution in [0.25, 0.3) is 22.4 Å². The van der Waals surface area contributed by atoms with E-state index in [9.17, 15) is 19.8 Å². The molecule has 11 nitrogen and oxygen atoms in total. The summed E-state index contributed by atoms with van der Waals surface area (Å²) in [6, 6.07) is 12.5. The fraction of sp³-hybridized carbons (Fsp3) is 0.344. The molecule has 1 aromatic heterocycles. The Morgan fingerprint density at radius 1 is 1.07 bits per heavy atom. The van der Waals surface area contributed by atoms with Gasteiger partial charge in [0.2, 0.25) is 12.2 Å². The highest BCUT2D eigenvalue weighted by atomic mass is 35.5. The van der Waals surface area contributed by atoms with Crippen molar-refractivity contribution in [2.75, 3.05) is 39.7 Å². The Labute approximate surface area is 270 Å². The van der Waals surface area contributed by atoms with E-state index in [-0.39, 0.29) is 22.7 Å².